The van der Waals surface area contributed by atoms with E-state index in [1.54, 1.807) is 6.08 Å². The second-order valence-corrected chi connectivity index (χ2v) is 6.98. The third-order valence-corrected chi connectivity index (χ3v) is 4.83. The first-order valence-corrected chi connectivity index (χ1v) is 8.99. The fourth-order valence-corrected chi connectivity index (χ4v) is 3.61. The van der Waals surface area contributed by atoms with Crippen molar-refractivity contribution in [3.05, 3.63) is 87.0 Å². The van der Waals surface area contributed by atoms with E-state index in [1.807, 2.05) is 60.3 Å². The lowest BCUT2D eigenvalue weighted by molar-refractivity contribution is -0.481. The van der Waals surface area contributed by atoms with Crippen LogP contribution in [0.1, 0.15) is 17.0 Å². The fraction of sp³-hybridized carbons (Fsp3) is 0.200. The van der Waals surface area contributed by atoms with E-state index in [0.717, 1.165) is 26.5 Å². The molecule has 3 aromatic rings. The predicted molar refractivity (Wildman–Crippen MR) is 106 cm³/mol. The van der Waals surface area contributed by atoms with Crippen LogP contribution in [0.4, 0.5) is 0 Å². The van der Waals surface area contributed by atoms with E-state index in [2.05, 4.69) is 22.5 Å². The highest BCUT2D eigenvalue weighted by atomic mass is 79.9. The maximum Gasteiger partial charge on any atom is 0.214 e. The van der Waals surface area contributed by atoms with Gasteiger partial charge in [-0.2, -0.15) is 0 Å². The van der Waals surface area contributed by atoms with Gasteiger partial charge in [0.15, 0.2) is 0 Å². The van der Waals surface area contributed by atoms with Gasteiger partial charge in [-0.15, -0.1) is 0 Å². The van der Waals surface area contributed by atoms with Crippen molar-refractivity contribution in [3.63, 3.8) is 0 Å². The fourth-order valence-electron chi connectivity index (χ4n) is 3.24. The van der Waals surface area contributed by atoms with E-state index >= 15 is 0 Å². The molecule has 3 rings (SSSR count). The minimum absolute atomic E-state index is 0.213. The van der Waals surface area contributed by atoms with Crippen molar-refractivity contribution < 1.29 is 9.66 Å². The molecule has 0 aliphatic heterocycles. The number of ether oxygens (including phenoxy) is 1. The highest BCUT2D eigenvalue weighted by molar-refractivity contribution is 9.10. The summed E-state index contributed by atoms with van der Waals surface area (Å²) in [5, 5.41) is 12.5. The highest BCUT2D eigenvalue weighted by Crippen LogP contribution is 2.38. The molecule has 134 valence electrons. The van der Waals surface area contributed by atoms with E-state index < -0.39 is 5.92 Å². The van der Waals surface area contributed by atoms with Crippen molar-refractivity contribution in [3.8, 4) is 5.75 Å². The standard InChI is InChI=1S/C20H19BrN2O3/c1-3-10-26-20-9-8-14(21)11-16(20)18(13-23(24)25)17-12-22(2)19-7-5-4-6-15(17)19/h3-9,11-12,18H,1,10,13H2,2H3. The van der Waals surface area contributed by atoms with Crippen molar-refractivity contribution in [1.29, 1.82) is 0 Å². The minimum Gasteiger partial charge on any atom is -0.489 e. The molecular formula is C20H19BrN2O3. The summed E-state index contributed by atoms with van der Waals surface area (Å²) < 4.78 is 8.63. The van der Waals surface area contributed by atoms with Gasteiger partial charge in [-0.1, -0.05) is 46.8 Å². The van der Waals surface area contributed by atoms with Gasteiger partial charge >= 0.3 is 0 Å². The first kappa shape index (κ1) is 18.2. The van der Waals surface area contributed by atoms with E-state index in [1.165, 1.54) is 0 Å². The van der Waals surface area contributed by atoms with Crippen LogP contribution >= 0.6 is 15.9 Å². The van der Waals surface area contributed by atoms with Crippen molar-refractivity contribution >= 4 is 26.8 Å². The number of benzene rings is 2. The van der Waals surface area contributed by atoms with Crippen LogP contribution in [0.2, 0.25) is 0 Å². The van der Waals surface area contributed by atoms with Crippen LogP contribution in [-0.2, 0) is 7.05 Å². The predicted octanol–water partition coefficient (Wildman–Crippen LogP) is 4.91. The zero-order valence-electron chi connectivity index (χ0n) is 14.4. The highest BCUT2D eigenvalue weighted by Gasteiger charge is 2.27. The molecule has 0 bridgehead atoms. The topological polar surface area (TPSA) is 57.3 Å². The lowest BCUT2D eigenvalue weighted by atomic mass is 9.90. The summed E-state index contributed by atoms with van der Waals surface area (Å²) in [6.45, 7) is 3.80. The Hall–Kier alpha value is -2.60. The first-order chi connectivity index (χ1) is 12.5. The molecule has 0 spiro atoms. The maximum absolute atomic E-state index is 11.4. The molecule has 6 heteroatoms. The van der Waals surface area contributed by atoms with Gasteiger partial charge in [0, 0.05) is 39.1 Å². The Bertz CT molecular complexity index is 965. The minimum atomic E-state index is -0.423. The van der Waals surface area contributed by atoms with Gasteiger partial charge < -0.3 is 9.30 Å². The molecule has 26 heavy (non-hydrogen) atoms. The molecule has 0 radical (unpaired) electrons. The molecule has 0 N–H and O–H groups in total. The van der Waals surface area contributed by atoms with Gasteiger partial charge in [-0.25, -0.2) is 0 Å². The Morgan fingerprint density at radius 1 is 1.31 bits per heavy atom. The molecule has 0 amide bonds. The van der Waals surface area contributed by atoms with Crippen LogP contribution in [0, 0.1) is 10.1 Å². The molecular weight excluding hydrogens is 396 g/mol. The summed E-state index contributed by atoms with van der Waals surface area (Å²) in [7, 11) is 1.95. The van der Waals surface area contributed by atoms with Crippen LogP contribution in [0.5, 0.6) is 5.75 Å². The maximum atomic E-state index is 11.4. The summed E-state index contributed by atoms with van der Waals surface area (Å²) >= 11 is 3.48. The van der Waals surface area contributed by atoms with Gasteiger partial charge in [-0.05, 0) is 29.8 Å². The normalized spacial score (nSPS) is 12.1. The summed E-state index contributed by atoms with van der Waals surface area (Å²) in [6.07, 6.45) is 3.63. The molecule has 0 aliphatic carbocycles. The number of para-hydroxylation sites is 1. The van der Waals surface area contributed by atoms with E-state index in [-0.39, 0.29) is 11.5 Å². The lowest BCUT2D eigenvalue weighted by Crippen LogP contribution is -2.15. The summed E-state index contributed by atoms with van der Waals surface area (Å²) in [6, 6.07) is 13.5. The number of hydrogen-bond acceptors (Lipinski definition) is 3. The Balaban J connectivity index is 2.19. The lowest BCUT2D eigenvalue weighted by Gasteiger charge is -2.18. The van der Waals surface area contributed by atoms with Crippen LogP contribution in [0.3, 0.4) is 0 Å². The van der Waals surface area contributed by atoms with Crippen LogP contribution < -0.4 is 4.74 Å². The molecule has 5 nitrogen and oxygen atoms in total. The van der Waals surface area contributed by atoms with Crippen LogP contribution in [0.15, 0.2) is 65.8 Å². The average molecular weight is 415 g/mol. The molecule has 1 heterocycles. The van der Waals surface area contributed by atoms with Crippen molar-refractivity contribution in [1.82, 2.24) is 4.57 Å². The quantitative estimate of drug-likeness (QED) is 0.313. The number of aromatic nitrogens is 1. The summed E-state index contributed by atoms with van der Waals surface area (Å²) in [5.74, 6) is 0.210. The molecule has 0 saturated heterocycles. The Morgan fingerprint density at radius 2 is 2.08 bits per heavy atom. The van der Waals surface area contributed by atoms with Gasteiger partial charge in [-0.3, -0.25) is 10.1 Å². The monoisotopic (exact) mass is 414 g/mol. The second kappa shape index (κ2) is 7.74. The van der Waals surface area contributed by atoms with Gasteiger partial charge in [0.25, 0.3) is 0 Å². The van der Waals surface area contributed by atoms with Crippen LogP contribution in [0.25, 0.3) is 10.9 Å². The Morgan fingerprint density at radius 3 is 2.81 bits per heavy atom. The molecule has 0 saturated carbocycles. The number of fused-ring (bicyclic) bond motifs is 1. The molecule has 1 aromatic heterocycles. The van der Waals surface area contributed by atoms with Crippen LogP contribution in [-0.4, -0.2) is 22.6 Å². The number of hydrogen-bond donors (Lipinski definition) is 0. The average Bonchev–Trinajstić information content (AvgIpc) is 2.95. The summed E-state index contributed by atoms with van der Waals surface area (Å²) in [4.78, 5) is 11.2. The number of rotatable bonds is 7. The van der Waals surface area contributed by atoms with Gasteiger partial charge in [0.05, 0.1) is 5.92 Å². The smallest absolute Gasteiger partial charge is 0.214 e. The SMILES string of the molecule is C=CCOc1ccc(Br)cc1C(C[N+](=O)[O-])c1cn(C)c2ccccc12. The molecule has 0 fully saturated rings. The first-order valence-electron chi connectivity index (χ1n) is 8.20. The zero-order chi connectivity index (χ0) is 18.7. The van der Waals surface area contributed by atoms with E-state index in [9.17, 15) is 10.1 Å². The molecule has 0 aliphatic rings. The third-order valence-electron chi connectivity index (χ3n) is 4.34. The Labute approximate surface area is 160 Å². The number of halogens is 1. The molecule has 1 atom stereocenters. The van der Waals surface area contributed by atoms with Gasteiger partial charge in [0.2, 0.25) is 6.54 Å². The second-order valence-electron chi connectivity index (χ2n) is 6.06. The zero-order valence-corrected chi connectivity index (χ0v) is 16.0. The third kappa shape index (κ3) is 3.65. The Kier molecular flexibility index (Phi) is 5.42. The number of aryl methyl sites for hydroxylation is 1. The van der Waals surface area contributed by atoms with Gasteiger partial charge in [0.1, 0.15) is 12.4 Å². The number of nitro groups is 1. The summed E-state index contributed by atoms with van der Waals surface area (Å²) in [5.41, 5.74) is 2.75. The van der Waals surface area contributed by atoms with Crippen molar-refractivity contribution in [2.75, 3.05) is 13.2 Å². The van der Waals surface area contributed by atoms with E-state index in [0.29, 0.717) is 12.4 Å². The number of nitrogens with zero attached hydrogens (tertiary/aromatic N) is 2. The largest absolute Gasteiger partial charge is 0.489 e. The molecule has 2 aromatic carbocycles. The molecule has 1 unspecified atom stereocenters. The van der Waals surface area contributed by atoms with Crippen molar-refractivity contribution in [2.24, 2.45) is 7.05 Å². The van der Waals surface area contributed by atoms with E-state index in [4.69, 9.17) is 4.74 Å². The van der Waals surface area contributed by atoms with Crippen molar-refractivity contribution in [2.45, 2.75) is 5.92 Å².